The Balaban J connectivity index is 1.76. The Bertz CT molecular complexity index is 893. The number of carbonyl (C=O) groups excluding carboxylic acids is 1. The van der Waals surface area contributed by atoms with Crippen molar-refractivity contribution in [1.29, 1.82) is 0 Å². The molecule has 0 saturated carbocycles. The van der Waals surface area contributed by atoms with Crippen LogP contribution in [0.1, 0.15) is 18.9 Å². The van der Waals surface area contributed by atoms with Gasteiger partial charge in [0.15, 0.2) is 0 Å². The molecule has 4 atom stereocenters. The lowest BCUT2D eigenvalue weighted by Gasteiger charge is -2.32. The quantitative estimate of drug-likeness (QED) is 0.598. The number of carbonyl (C=O) groups is 2. The summed E-state index contributed by atoms with van der Waals surface area (Å²) in [4.78, 5) is 25.4. The van der Waals surface area contributed by atoms with Crippen LogP contribution >= 0.6 is 0 Å². The zero-order valence-corrected chi connectivity index (χ0v) is 17.0. The van der Waals surface area contributed by atoms with Gasteiger partial charge in [-0.25, -0.2) is 0 Å². The average molecular weight is 396 g/mol. The van der Waals surface area contributed by atoms with Gasteiger partial charge in [-0.1, -0.05) is 48.5 Å². The van der Waals surface area contributed by atoms with E-state index in [1.165, 1.54) is 23.3 Å². The van der Waals surface area contributed by atoms with Crippen molar-refractivity contribution in [2.75, 3.05) is 13.6 Å². The molecule has 3 N–H and O–H groups in total. The molecule has 29 heavy (non-hydrogen) atoms. The minimum Gasteiger partial charge on any atom is -0.480 e. The van der Waals surface area contributed by atoms with E-state index in [0.29, 0.717) is 13.0 Å². The van der Waals surface area contributed by atoms with Crippen LogP contribution < -0.4 is 10.6 Å². The second-order valence-corrected chi connectivity index (χ2v) is 7.86. The molecule has 6 nitrogen and oxygen atoms in total. The van der Waals surface area contributed by atoms with Gasteiger partial charge in [0.25, 0.3) is 0 Å². The van der Waals surface area contributed by atoms with Gasteiger partial charge in [0.2, 0.25) is 5.91 Å². The molecule has 0 aliphatic carbocycles. The van der Waals surface area contributed by atoms with Crippen molar-refractivity contribution in [2.45, 2.75) is 38.0 Å². The Morgan fingerprint density at radius 1 is 1.31 bits per heavy atom. The molecule has 3 rings (SSSR count). The van der Waals surface area contributed by atoms with E-state index < -0.39 is 12.0 Å². The zero-order valence-electron chi connectivity index (χ0n) is 17.0. The molecule has 154 valence electrons. The lowest BCUT2D eigenvalue weighted by atomic mass is 9.93. The van der Waals surface area contributed by atoms with Crippen molar-refractivity contribution in [1.82, 2.24) is 15.5 Å². The number of hydrogen-bond acceptors (Lipinski definition) is 4. The highest BCUT2D eigenvalue weighted by atomic mass is 16.4. The predicted molar refractivity (Wildman–Crippen MR) is 115 cm³/mol. The number of aliphatic carboxylic acids is 1. The first-order valence-electron chi connectivity index (χ1n) is 9.92. The number of benzene rings is 2. The molecule has 0 bridgehead atoms. The molecule has 1 saturated heterocycles. The number of carboxylic acid groups (broad SMARTS) is 1. The van der Waals surface area contributed by atoms with Crippen molar-refractivity contribution in [3.8, 4) is 0 Å². The topological polar surface area (TPSA) is 81.7 Å². The minimum absolute atomic E-state index is 0.0149. The van der Waals surface area contributed by atoms with Gasteiger partial charge < -0.3 is 10.4 Å². The summed E-state index contributed by atoms with van der Waals surface area (Å²) in [5.74, 6) is -1.01. The van der Waals surface area contributed by atoms with Crippen LogP contribution in [-0.2, 0) is 16.1 Å². The van der Waals surface area contributed by atoms with E-state index in [-0.39, 0.29) is 23.9 Å². The summed E-state index contributed by atoms with van der Waals surface area (Å²) in [7, 11) is 2.02. The first-order chi connectivity index (χ1) is 13.9. The van der Waals surface area contributed by atoms with Gasteiger partial charge in [-0.05, 0) is 35.7 Å². The summed E-state index contributed by atoms with van der Waals surface area (Å²) in [6.45, 7) is 6.68. The number of carboxylic acids is 1. The molecule has 6 heteroatoms. The van der Waals surface area contributed by atoms with Crippen LogP contribution in [0.2, 0.25) is 0 Å². The van der Waals surface area contributed by atoms with E-state index in [1.54, 1.807) is 6.08 Å². The fourth-order valence-electron chi connectivity index (χ4n) is 4.30. The van der Waals surface area contributed by atoms with Crippen molar-refractivity contribution in [2.24, 2.45) is 5.92 Å². The summed E-state index contributed by atoms with van der Waals surface area (Å²) in [5.41, 5.74) is 1.22. The largest absolute Gasteiger partial charge is 0.480 e. The van der Waals surface area contributed by atoms with E-state index >= 15 is 0 Å². The Morgan fingerprint density at radius 2 is 2.03 bits per heavy atom. The highest BCUT2D eigenvalue weighted by Gasteiger charge is 2.40. The van der Waals surface area contributed by atoms with E-state index in [2.05, 4.69) is 52.4 Å². The van der Waals surface area contributed by atoms with Gasteiger partial charge in [0, 0.05) is 26.1 Å². The molecule has 0 spiro atoms. The summed E-state index contributed by atoms with van der Waals surface area (Å²) in [5, 5.41) is 18.0. The maximum atomic E-state index is 11.8. The summed E-state index contributed by atoms with van der Waals surface area (Å²) in [6, 6.07) is 13.5. The van der Waals surface area contributed by atoms with Gasteiger partial charge in [-0.15, -0.1) is 6.58 Å². The maximum absolute atomic E-state index is 11.8. The average Bonchev–Trinajstić information content (AvgIpc) is 3.12. The molecule has 0 aromatic heterocycles. The van der Waals surface area contributed by atoms with Crippen LogP contribution in [0.5, 0.6) is 0 Å². The summed E-state index contributed by atoms with van der Waals surface area (Å²) in [6.07, 6.45) is 2.27. The molecule has 1 aliphatic heterocycles. The fraction of sp³-hybridized carbons (Fsp3) is 0.391. The van der Waals surface area contributed by atoms with Gasteiger partial charge in [-0.3, -0.25) is 19.8 Å². The molecule has 1 amide bonds. The van der Waals surface area contributed by atoms with Crippen LogP contribution in [0.3, 0.4) is 0 Å². The number of likely N-dealkylation sites (N-methyl/N-ethyl adjacent to an activating group) is 1. The highest BCUT2D eigenvalue weighted by Crippen LogP contribution is 2.25. The van der Waals surface area contributed by atoms with E-state index in [0.717, 1.165) is 6.54 Å². The lowest BCUT2D eigenvalue weighted by Crippen LogP contribution is -2.55. The molecule has 2 aromatic rings. The summed E-state index contributed by atoms with van der Waals surface area (Å²) < 4.78 is 0. The molecular formula is C23H29N3O3. The number of rotatable bonds is 8. The van der Waals surface area contributed by atoms with Gasteiger partial charge in [0.05, 0.1) is 6.04 Å². The fourth-order valence-corrected chi connectivity index (χ4v) is 4.30. The first kappa shape index (κ1) is 21.0. The predicted octanol–water partition coefficient (Wildman–Crippen LogP) is 2.39. The SMILES string of the molecule is C=C[C@@H]1C[C@H](C(=O)O)NC1[C@H](CN(C)Cc1cccc2ccccc12)NC(C)=O. The highest BCUT2D eigenvalue weighted by molar-refractivity contribution is 5.85. The summed E-state index contributed by atoms with van der Waals surface area (Å²) >= 11 is 0. The van der Waals surface area contributed by atoms with Crippen LogP contribution in [0.25, 0.3) is 10.8 Å². The Kier molecular flexibility index (Phi) is 6.67. The minimum atomic E-state index is -0.870. The van der Waals surface area contributed by atoms with Gasteiger partial charge in [-0.2, -0.15) is 0 Å². The van der Waals surface area contributed by atoms with Crippen LogP contribution in [0.15, 0.2) is 55.1 Å². The molecule has 0 radical (unpaired) electrons. The number of nitrogens with zero attached hydrogens (tertiary/aromatic N) is 1. The molecule has 2 aromatic carbocycles. The number of hydrogen-bond donors (Lipinski definition) is 3. The van der Waals surface area contributed by atoms with Gasteiger partial charge >= 0.3 is 5.97 Å². The van der Waals surface area contributed by atoms with Crippen molar-refractivity contribution >= 4 is 22.6 Å². The van der Waals surface area contributed by atoms with Crippen LogP contribution in [0, 0.1) is 5.92 Å². The van der Waals surface area contributed by atoms with Crippen molar-refractivity contribution < 1.29 is 14.7 Å². The normalized spacial score (nSPS) is 22.5. The lowest BCUT2D eigenvalue weighted by molar-refractivity contribution is -0.139. The second kappa shape index (κ2) is 9.20. The van der Waals surface area contributed by atoms with Crippen LogP contribution in [-0.4, -0.2) is 53.6 Å². The Labute approximate surface area is 171 Å². The third kappa shape index (κ3) is 5.02. The maximum Gasteiger partial charge on any atom is 0.320 e. The Hall–Kier alpha value is -2.70. The zero-order chi connectivity index (χ0) is 21.0. The standard InChI is InChI=1S/C23H29N3O3/c1-4-16-12-20(23(28)29)25-22(16)21(24-15(2)27)14-26(3)13-18-10-7-9-17-8-5-6-11-19(17)18/h4-11,16,20-22,25H,1,12-14H2,2-3H3,(H,24,27)(H,28,29)/t16-,20-,21+,22?/m1/s1. The van der Waals surface area contributed by atoms with Crippen molar-refractivity contribution in [3.63, 3.8) is 0 Å². The van der Waals surface area contributed by atoms with E-state index in [1.807, 2.05) is 19.2 Å². The number of fused-ring (bicyclic) bond motifs is 1. The molecule has 1 heterocycles. The first-order valence-corrected chi connectivity index (χ1v) is 9.92. The molecule has 1 unspecified atom stereocenters. The number of nitrogens with one attached hydrogen (secondary N) is 2. The number of amides is 1. The second-order valence-electron chi connectivity index (χ2n) is 7.86. The van der Waals surface area contributed by atoms with E-state index in [9.17, 15) is 14.7 Å². The van der Waals surface area contributed by atoms with Crippen LogP contribution in [0.4, 0.5) is 0 Å². The smallest absolute Gasteiger partial charge is 0.320 e. The van der Waals surface area contributed by atoms with Crippen molar-refractivity contribution in [3.05, 3.63) is 60.7 Å². The molecular weight excluding hydrogens is 366 g/mol. The molecule has 1 fully saturated rings. The molecule has 1 aliphatic rings. The third-order valence-electron chi connectivity index (χ3n) is 5.61. The third-order valence-corrected chi connectivity index (χ3v) is 5.61. The monoisotopic (exact) mass is 395 g/mol. The Morgan fingerprint density at radius 3 is 2.72 bits per heavy atom. The van der Waals surface area contributed by atoms with E-state index in [4.69, 9.17) is 0 Å². The van der Waals surface area contributed by atoms with Gasteiger partial charge in [0.1, 0.15) is 6.04 Å².